The first-order valence-corrected chi connectivity index (χ1v) is 12.0. The van der Waals surface area contributed by atoms with E-state index in [1.165, 1.54) is 11.6 Å². The molecule has 2 aliphatic heterocycles. The number of nitrogens with one attached hydrogen (secondary N) is 1. The van der Waals surface area contributed by atoms with Gasteiger partial charge in [0.2, 0.25) is 0 Å². The largest absolute Gasteiger partial charge is 0.492 e. The zero-order chi connectivity index (χ0) is 23.3. The Morgan fingerprint density at radius 1 is 0.941 bits per heavy atom. The van der Waals surface area contributed by atoms with E-state index in [1.807, 2.05) is 30.3 Å². The second-order valence-electron chi connectivity index (χ2n) is 8.97. The number of para-hydroxylation sites is 1. The highest BCUT2D eigenvalue weighted by Gasteiger charge is 2.27. The number of benzene rings is 3. The fourth-order valence-electron chi connectivity index (χ4n) is 4.89. The SMILES string of the molecule is O=C(NCc1ccccc1F)c1ccc(N2CCC(N3CCOc4ccccc4C3)CC2)cc1. The molecule has 3 aromatic carbocycles. The van der Waals surface area contributed by atoms with Gasteiger partial charge in [-0.3, -0.25) is 9.69 Å². The van der Waals surface area contributed by atoms with Gasteiger partial charge in [0.25, 0.3) is 5.91 Å². The highest BCUT2D eigenvalue weighted by molar-refractivity contribution is 5.94. The number of carbonyl (C=O) groups is 1. The predicted molar refractivity (Wildman–Crippen MR) is 132 cm³/mol. The minimum Gasteiger partial charge on any atom is -0.492 e. The van der Waals surface area contributed by atoms with Gasteiger partial charge in [-0.1, -0.05) is 36.4 Å². The van der Waals surface area contributed by atoms with E-state index in [0.717, 1.165) is 57.1 Å². The molecule has 0 spiro atoms. The van der Waals surface area contributed by atoms with E-state index >= 15 is 0 Å². The number of amides is 1. The summed E-state index contributed by atoms with van der Waals surface area (Å²) in [7, 11) is 0. The first-order valence-electron chi connectivity index (χ1n) is 12.0. The van der Waals surface area contributed by atoms with E-state index in [9.17, 15) is 9.18 Å². The van der Waals surface area contributed by atoms with Crippen LogP contribution in [-0.4, -0.2) is 43.1 Å². The van der Waals surface area contributed by atoms with Crippen molar-refractivity contribution in [3.63, 3.8) is 0 Å². The zero-order valence-corrected chi connectivity index (χ0v) is 19.3. The fraction of sp³-hybridized carbons (Fsp3) is 0.321. The van der Waals surface area contributed by atoms with Gasteiger partial charge in [0, 0.05) is 61.1 Å². The van der Waals surface area contributed by atoms with Crippen LogP contribution >= 0.6 is 0 Å². The monoisotopic (exact) mass is 459 g/mol. The van der Waals surface area contributed by atoms with Gasteiger partial charge in [0.1, 0.15) is 18.2 Å². The van der Waals surface area contributed by atoms with Gasteiger partial charge in [-0.2, -0.15) is 0 Å². The van der Waals surface area contributed by atoms with E-state index < -0.39 is 0 Å². The number of hydrogen-bond acceptors (Lipinski definition) is 4. The summed E-state index contributed by atoms with van der Waals surface area (Å²) in [4.78, 5) is 17.4. The van der Waals surface area contributed by atoms with Gasteiger partial charge in [-0.25, -0.2) is 4.39 Å². The summed E-state index contributed by atoms with van der Waals surface area (Å²) in [6.07, 6.45) is 2.21. The minimum atomic E-state index is -0.307. The Morgan fingerprint density at radius 2 is 1.68 bits per heavy atom. The molecule has 1 saturated heterocycles. The minimum absolute atomic E-state index is 0.173. The second kappa shape index (κ2) is 10.3. The number of anilines is 1. The number of ether oxygens (including phenoxy) is 1. The van der Waals surface area contributed by atoms with E-state index in [-0.39, 0.29) is 18.3 Å². The van der Waals surface area contributed by atoms with Crippen molar-refractivity contribution in [2.45, 2.75) is 32.0 Å². The molecule has 1 fully saturated rings. The lowest BCUT2D eigenvalue weighted by molar-refractivity contribution is 0.0950. The van der Waals surface area contributed by atoms with E-state index in [2.05, 4.69) is 33.3 Å². The number of carbonyl (C=O) groups excluding carboxylic acids is 1. The Bertz CT molecular complexity index is 1130. The molecule has 5 nitrogen and oxygen atoms in total. The van der Waals surface area contributed by atoms with Crippen LogP contribution in [0.4, 0.5) is 10.1 Å². The van der Waals surface area contributed by atoms with E-state index in [1.54, 1.807) is 18.2 Å². The summed E-state index contributed by atoms with van der Waals surface area (Å²) in [5, 5.41) is 2.80. The van der Waals surface area contributed by atoms with E-state index in [0.29, 0.717) is 17.2 Å². The number of fused-ring (bicyclic) bond motifs is 1. The Kier molecular flexibility index (Phi) is 6.77. The van der Waals surface area contributed by atoms with Crippen molar-refractivity contribution >= 4 is 11.6 Å². The normalized spacial score (nSPS) is 16.9. The molecule has 6 heteroatoms. The van der Waals surface area contributed by atoms with Crippen LogP contribution in [0.1, 0.15) is 34.3 Å². The lowest BCUT2D eigenvalue weighted by Gasteiger charge is -2.39. The molecule has 0 unspecified atom stereocenters. The first kappa shape index (κ1) is 22.4. The van der Waals surface area contributed by atoms with Gasteiger partial charge in [-0.05, 0) is 49.2 Å². The number of rotatable bonds is 5. The van der Waals surface area contributed by atoms with Crippen molar-refractivity contribution in [2.75, 3.05) is 31.1 Å². The highest BCUT2D eigenvalue weighted by atomic mass is 19.1. The van der Waals surface area contributed by atoms with Crippen molar-refractivity contribution < 1.29 is 13.9 Å². The standard InChI is InChI=1S/C28H30FN3O2/c29-26-7-3-1-5-22(26)19-30-28(33)21-9-11-24(12-10-21)31-15-13-25(14-16-31)32-17-18-34-27-8-4-2-6-23(27)20-32/h1-12,25H,13-20H2,(H,30,33). The second-order valence-corrected chi connectivity index (χ2v) is 8.97. The van der Waals surface area contributed by atoms with Crippen molar-refractivity contribution in [3.05, 3.63) is 95.3 Å². The van der Waals surface area contributed by atoms with Crippen LogP contribution in [0, 0.1) is 5.82 Å². The third kappa shape index (κ3) is 5.07. The van der Waals surface area contributed by atoms with E-state index in [4.69, 9.17) is 4.74 Å². The smallest absolute Gasteiger partial charge is 0.251 e. The Labute approximate surface area is 200 Å². The molecule has 2 heterocycles. The topological polar surface area (TPSA) is 44.8 Å². The maximum atomic E-state index is 13.8. The van der Waals surface area contributed by atoms with Crippen molar-refractivity contribution in [3.8, 4) is 5.75 Å². The van der Waals surface area contributed by atoms with Crippen molar-refractivity contribution in [1.29, 1.82) is 0 Å². The van der Waals surface area contributed by atoms with Gasteiger partial charge in [0.05, 0.1) is 0 Å². The summed E-state index contributed by atoms with van der Waals surface area (Å²) in [5.41, 5.74) is 3.47. The predicted octanol–water partition coefficient (Wildman–Crippen LogP) is 4.62. The van der Waals surface area contributed by atoms with Gasteiger partial charge in [0.15, 0.2) is 0 Å². The molecular weight excluding hydrogens is 429 g/mol. The van der Waals surface area contributed by atoms with Gasteiger partial charge < -0.3 is 15.0 Å². The highest BCUT2D eigenvalue weighted by Crippen LogP contribution is 2.28. The molecule has 1 N–H and O–H groups in total. The summed E-state index contributed by atoms with van der Waals surface area (Å²) < 4.78 is 19.7. The van der Waals surface area contributed by atoms with Crippen LogP contribution in [0.5, 0.6) is 5.75 Å². The number of halogens is 1. The molecule has 0 aromatic heterocycles. The lowest BCUT2D eigenvalue weighted by atomic mass is 10.0. The molecule has 0 atom stereocenters. The quantitative estimate of drug-likeness (QED) is 0.605. The average molecular weight is 460 g/mol. The third-order valence-corrected chi connectivity index (χ3v) is 6.85. The fourth-order valence-corrected chi connectivity index (χ4v) is 4.89. The van der Waals surface area contributed by atoms with Crippen LogP contribution in [0.3, 0.4) is 0 Å². The van der Waals surface area contributed by atoms with Crippen LogP contribution in [0.2, 0.25) is 0 Å². The summed E-state index contributed by atoms with van der Waals surface area (Å²) in [5.74, 6) is 0.510. The number of piperidine rings is 1. The Morgan fingerprint density at radius 3 is 2.47 bits per heavy atom. The summed E-state index contributed by atoms with van der Waals surface area (Å²) >= 11 is 0. The van der Waals surface area contributed by atoms with Crippen LogP contribution in [-0.2, 0) is 13.1 Å². The lowest BCUT2D eigenvalue weighted by Crippen LogP contribution is -2.45. The number of nitrogens with zero attached hydrogens (tertiary/aromatic N) is 2. The molecular formula is C28H30FN3O2. The molecule has 5 rings (SSSR count). The summed E-state index contributed by atoms with van der Waals surface area (Å²) in [6, 6.07) is 23.1. The molecule has 34 heavy (non-hydrogen) atoms. The number of hydrogen-bond donors (Lipinski definition) is 1. The third-order valence-electron chi connectivity index (χ3n) is 6.85. The maximum Gasteiger partial charge on any atom is 0.251 e. The molecule has 0 radical (unpaired) electrons. The van der Waals surface area contributed by atoms with Gasteiger partial charge >= 0.3 is 0 Å². The molecule has 0 saturated carbocycles. The molecule has 0 aliphatic carbocycles. The molecule has 0 bridgehead atoms. The average Bonchev–Trinajstić information content (AvgIpc) is 3.11. The molecule has 3 aromatic rings. The van der Waals surface area contributed by atoms with Crippen molar-refractivity contribution in [2.24, 2.45) is 0 Å². The first-order chi connectivity index (χ1) is 16.7. The molecule has 176 valence electrons. The van der Waals surface area contributed by atoms with Crippen LogP contribution in [0.25, 0.3) is 0 Å². The summed E-state index contributed by atoms with van der Waals surface area (Å²) in [6.45, 7) is 4.78. The van der Waals surface area contributed by atoms with Crippen LogP contribution in [0.15, 0.2) is 72.8 Å². The van der Waals surface area contributed by atoms with Gasteiger partial charge in [-0.15, -0.1) is 0 Å². The molecule has 1 amide bonds. The zero-order valence-electron chi connectivity index (χ0n) is 19.3. The maximum absolute atomic E-state index is 13.8. The molecule has 2 aliphatic rings. The van der Waals surface area contributed by atoms with Crippen molar-refractivity contribution in [1.82, 2.24) is 10.2 Å². The van der Waals surface area contributed by atoms with Crippen LogP contribution < -0.4 is 15.0 Å². The Hall–Kier alpha value is -3.38. The Balaban J connectivity index is 1.14.